The van der Waals surface area contributed by atoms with E-state index in [9.17, 15) is 9.59 Å². The number of ether oxygens (including phenoxy) is 3. The lowest BCUT2D eigenvalue weighted by molar-refractivity contribution is -0.118. The number of amides is 2. The molecule has 146 valence electrons. The molecule has 2 N–H and O–H groups in total. The highest BCUT2D eigenvalue weighted by atomic mass is 16.5. The molecule has 0 fully saturated rings. The average molecular weight is 391 g/mol. The highest BCUT2D eigenvalue weighted by Crippen LogP contribution is 2.34. The number of carbonyl (C=O) groups is 2. The molecular weight excluding hydrogens is 374 g/mol. The third-order valence-corrected chi connectivity index (χ3v) is 4.16. The molecule has 0 unspecified atom stereocenters. The van der Waals surface area contributed by atoms with Crippen LogP contribution in [0.25, 0.3) is 0 Å². The van der Waals surface area contributed by atoms with Crippen LogP contribution in [0.1, 0.15) is 10.4 Å². The van der Waals surface area contributed by atoms with Crippen LogP contribution in [0.2, 0.25) is 0 Å². The number of benzene rings is 2. The number of fused-ring (bicyclic) bond motifs is 2. The minimum atomic E-state index is -0.379. The lowest BCUT2D eigenvalue weighted by Gasteiger charge is -2.11. The molecule has 4 rings (SSSR count). The normalized spacial score (nSPS) is 11.8. The van der Waals surface area contributed by atoms with E-state index in [4.69, 9.17) is 14.2 Å². The minimum Gasteiger partial charge on any atom is -0.493 e. The van der Waals surface area contributed by atoms with E-state index in [0.29, 0.717) is 34.5 Å². The van der Waals surface area contributed by atoms with Gasteiger partial charge >= 0.3 is 0 Å². The monoisotopic (exact) mass is 391 g/mol. The average Bonchev–Trinajstić information content (AvgIpc) is 2.88. The first kappa shape index (κ1) is 18.3. The summed E-state index contributed by atoms with van der Waals surface area (Å²) in [6, 6.07) is 15.2. The van der Waals surface area contributed by atoms with Gasteiger partial charge in [-0.05, 0) is 42.5 Å². The van der Waals surface area contributed by atoms with Gasteiger partial charge in [-0.2, -0.15) is 0 Å². The summed E-state index contributed by atoms with van der Waals surface area (Å²) in [7, 11) is 1.53. The molecule has 2 amide bonds. The smallest absolute Gasteiger partial charge is 0.262 e. The van der Waals surface area contributed by atoms with E-state index >= 15 is 0 Å². The Morgan fingerprint density at radius 3 is 2.79 bits per heavy atom. The summed E-state index contributed by atoms with van der Waals surface area (Å²) in [5.74, 6) is 0.922. The molecule has 0 bridgehead atoms. The summed E-state index contributed by atoms with van der Waals surface area (Å²) in [5, 5.41) is 5.45. The maximum atomic E-state index is 12.5. The van der Waals surface area contributed by atoms with Gasteiger partial charge in [0.1, 0.15) is 11.4 Å². The fourth-order valence-corrected chi connectivity index (χ4v) is 2.81. The number of hydrogen-bond acceptors (Lipinski definition) is 6. The quantitative estimate of drug-likeness (QED) is 0.691. The topological polar surface area (TPSA) is 98.8 Å². The summed E-state index contributed by atoms with van der Waals surface area (Å²) in [4.78, 5) is 28.9. The number of aromatic nitrogens is 1. The Kier molecular flexibility index (Phi) is 4.98. The van der Waals surface area contributed by atoms with E-state index in [1.54, 1.807) is 48.7 Å². The van der Waals surface area contributed by atoms with Gasteiger partial charge in [-0.3, -0.25) is 9.59 Å². The Hall–Kier alpha value is -4.07. The van der Waals surface area contributed by atoms with Crippen LogP contribution < -0.4 is 24.8 Å². The van der Waals surface area contributed by atoms with Gasteiger partial charge in [0.2, 0.25) is 5.88 Å². The molecule has 0 aliphatic carbocycles. The second-order valence-corrected chi connectivity index (χ2v) is 6.11. The number of rotatable bonds is 5. The second-order valence-electron chi connectivity index (χ2n) is 6.11. The van der Waals surface area contributed by atoms with Crippen molar-refractivity contribution < 1.29 is 23.8 Å². The third kappa shape index (κ3) is 3.96. The van der Waals surface area contributed by atoms with E-state index in [-0.39, 0.29) is 24.0 Å². The molecule has 1 aromatic heterocycles. The molecule has 0 spiro atoms. The number of hydrogen-bond donors (Lipinski definition) is 2. The first-order chi connectivity index (χ1) is 14.1. The van der Waals surface area contributed by atoms with E-state index in [1.807, 2.05) is 6.07 Å². The fraction of sp³-hybridized carbons (Fsp3) is 0.0952. The van der Waals surface area contributed by atoms with E-state index in [0.717, 1.165) is 0 Å². The number of pyridine rings is 1. The molecule has 2 heterocycles. The standard InChI is InChI=1S/C21H17N3O5/c1-27-17-6-2-3-7-18(17)28-12-19(25)23-13-8-9-16-14(11-13)20(26)24-15-5-4-10-22-21(15)29-16/h2-11H,12H2,1H3,(H,23,25)(H,24,26). The number of carbonyl (C=O) groups excluding carboxylic acids is 2. The highest BCUT2D eigenvalue weighted by molar-refractivity contribution is 6.08. The molecule has 1 aliphatic heterocycles. The molecule has 8 heteroatoms. The summed E-state index contributed by atoms with van der Waals surface area (Å²) in [6.07, 6.45) is 1.58. The first-order valence-corrected chi connectivity index (χ1v) is 8.78. The Morgan fingerprint density at radius 1 is 1.14 bits per heavy atom. The maximum absolute atomic E-state index is 12.5. The van der Waals surface area contributed by atoms with Crippen LogP contribution in [0.3, 0.4) is 0 Å². The third-order valence-electron chi connectivity index (χ3n) is 4.16. The van der Waals surface area contributed by atoms with Crippen molar-refractivity contribution in [3.05, 3.63) is 66.4 Å². The number of anilines is 2. The lowest BCUT2D eigenvalue weighted by atomic mass is 10.1. The molecule has 1 aliphatic rings. The zero-order valence-corrected chi connectivity index (χ0v) is 15.5. The van der Waals surface area contributed by atoms with Crippen molar-refractivity contribution >= 4 is 23.2 Å². The Bertz CT molecular complexity index is 1080. The molecule has 29 heavy (non-hydrogen) atoms. The zero-order valence-electron chi connectivity index (χ0n) is 15.5. The predicted molar refractivity (Wildman–Crippen MR) is 106 cm³/mol. The van der Waals surface area contributed by atoms with E-state index in [2.05, 4.69) is 15.6 Å². The molecule has 0 atom stereocenters. The predicted octanol–water partition coefficient (Wildman–Crippen LogP) is 3.47. The molecule has 0 radical (unpaired) electrons. The highest BCUT2D eigenvalue weighted by Gasteiger charge is 2.22. The van der Waals surface area contributed by atoms with Crippen molar-refractivity contribution in [2.24, 2.45) is 0 Å². The molecule has 8 nitrogen and oxygen atoms in total. The van der Waals surface area contributed by atoms with Crippen LogP contribution in [0, 0.1) is 0 Å². The molecule has 0 saturated heterocycles. The van der Waals surface area contributed by atoms with Gasteiger partial charge < -0.3 is 24.8 Å². The van der Waals surface area contributed by atoms with Gasteiger partial charge in [0.25, 0.3) is 11.8 Å². The van der Waals surface area contributed by atoms with Gasteiger partial charge in [0.15, 0.2) is 18.1 Å². The van der Waals surface area contributed by atoms with Crippen molar-refractivity contribution in [2.45, 2.75) is 0 Å². The Morgan fingerprint density at radius 2 is 1.97 bits per heavy atom. The number of methoxy groups -OCH3 is 1. The van der Waals surface area contributed by atoms with Gasteiger partial charge in [-0.25, -0.2) is 4.98 Å². The van der Waals surface area contributed by atoms with Crippen LogP contribution in [-0.4, -0.2) is 30.5 Å². The molecule has 2 aromatic carbocycles. The van der Waals surface area contributed by atoms with Crippen LogP contribution >= 0.6 is 0 Å². The van der Waals surface area contributed by atoms with E-state index < -0.39 is 0 Å². The minimum absolute atomic E-state index is 0.213. The second kappa shape index (κ2) is 7.89. The number of nitrogens with one attached hydrogen (secondary N) is 2. The molecule has 3 aromatic rings. The van der Waals surface area contributed by atoms with Gasteiger partial charge in [-0.1, -0.05) is 12.1 Å². The largest absolute Gasteiger partial charge is 0.493 e. The summed E-state index contributed by atoms with van der Waals surface area (Å²) >= 11 is 0. The fourth-order valence-electron chi connectivity index (χ4n) is 2.81. The summed E-state index contributed by atoms with van der Waals surface area (Å²) in [5.41, 5.74) is 1.20. The summed E-state index contributed by atoms with van der Waals surface area (Å²) < 4.78 is 16.4. The van der Waals surface area contributed by atoms with Crippen molar-refractivity contribution in [3.63, 3.8) is 0 Å². The Labute approximate surface area is 166 Å². The molecular formula is C21H17N3O5. The zero-order chi connectivity index (χ0) is 20.2. The van der Waals surface area contributed by atoms with Gasteiger partial charge in [0, 0.05) is 11.9 Å². The van der Waals surface area contributed by atoms with Crippen molar-refractivity contribution in [1.82, 2.24) is 4.98 Å². The van der Waals surface area contributed by atoms with Crippen molar-refractivity contribution in [2.75, 3.05) is 24.4 Å². The first-order valence-electron chi connectivity index (χ1n) is 8.78. The van der Waals surface area contributed by atoms with Crippen LogP contribution in [0.15, 0.2) is 60.8 Å². The van der Waals surface area contributed by atoms with Gasteiger partial charge in [0.05, 0.1) is 12.7 Å². The van der Waals surface area contributed by atoms with Gasteiger partial charge in [-0.15, -0.1) is 0 Å². The maximum Gasteiger partial charge on any atom is 0.262 e. The van der Waals surface area contributed by atoms with Crippen molar-refractivity contribution in [1.29, 1.82) is 0 Å². The van der Waals surface area contributed by atoms with Crippen molar-refractivity contribution in [3.8, 4) is 23.1 Å². The van der Waals surface area contributed by atoms with Crippen LogP contribution in [0.5, 0.6) is 23.1 Å². The number of para-hydroxylation sites is 2. The lowest BCUT2D eigenvalue weighted by Crippen LogP contribution is -2.20. The number of nitrogens with zero attached hydrogens (tertiary/aromatic N) is 1. The van der Waals surface area contributed by atoms with Crippen LogP contribution in [0.4, 0.5) is 11.4 Å². The Balaban J connectivity index is 1.46. The SMILES string of the molecule is COc1ccccc1OCC(=O)Nc1ccc2c(c1)C(=O)Nc1cccnc1O2. The van der Waals surface area contributed by atoms with Crippen LogP contribution in [-0.2, 0) is 4.79 Å². The summed E-state index contributed by atoms with van der Waals surface area (Å²) in [6.45, 7) is -0.213. The van der Waals surface area contributed by atoms with E-state index in [1.165, 1.54) is 13.2 Å². The molecule has 0 saturated carbocycles.